The molecule has 1 heterocycles. The van der Waals surface area contributed by atoms with Crippen LogP contribution in [0.2, 0.25) is 0 Å². The lowest BCUT2D eigenvalue weighted by molar-refractivity contribution is -0.157. The summed E-state index contributed by atoms with van der Waals surface area (Å²) in [6, 6.07) is 7.04. The highest BCUT2D eigenvalue weighted by atomic mass is 79.9. The molecule has 2 N–H and O–H groups in total. The molecule has 1 aliphatic heterocycles. The van der Waals surface area contributed by atoms with Gasteiger partial charge in [-0.15, -0.1) is 0 Å². The quantitative estimate of drug-likeness (QED) is 0.713. The van der Waals surface area contributed by atoms with E-state index in [9.17, 15) is 14.4 Å². The molecule has 0 aromatic heterocycles. The smallest absolute Gasteiger partial charge is 0.347 e. The standard InChI is InChI=1S/C17H21BrN2O5/c1-11(25-14-4-2-13(18)3-5-14)17(23)24-10-15(21)20-8-6-12(7-9-20)16(19)22/h2-5,11-12H,6-10H2,1H3,(H2,19,22)/t11-/m0/s1. The molecule has 0 unspecified atom stereocenters. The lowest BCUT2D eigenvalue weighted by Crippen LogP contribution is -2.43. The average Bonchev–Trinajstić information content (AvgIpc) is 2.61. The third kappa shape index (κ3) is 5.74. The molecule has 0 saturated carbocycles. The van der Waals surface area contributed by atoms with Crippen LogP contribution in [0.1, 0.15) is 19.8 Å². The van der Waals surface area contributed by atoms with Crippen molar-refractivity contribution in [1.29, 1.82) is 0 Å². The van der Waals surface area contributed by atoms with Gasteiger partial charge in [-0.1, -0.05) is 15.9 Å². The summed E-state index contributed by atoms with van der Waals surface area (Å²) < 4.78 is 11.4. The van der Waals surface area contributed by atoms with Gasteiger partial charge in [0.05, 0.1) is 0 Å². The van der Waals surface area contributed by atoms with E-state index in [4.69, 9.17) is 15.2 Å². The highest BCUT2D eigenvalue weighted by Gasteiger charge is 2.27. The highest BCUT2D eigenvalue weighted by molar-refractivity contribution is 9.10. The Labute approximate surface area is 154 Å². The Morgan fingerprint density at radius 2 is 1.84 bits per heavy atom. The van der Waals surface area contributed by atoms with E-state index < -0.39 is 12.1 Å². The fraction of sp³-hybridized carbons (Fsp3) is 0.471. The van der Waals surface area contributed by atoms with Crippen LogP contribution in [-0.2, 0) is 19.1 Å². The monoisotopic (exact) mass is 412 g/mol. The second-order valence-electron chi connectivity index (χ2n) is 5.88. The van der Waals surface area contributed by atoms with E-state index in [2.05, 4.69) is 15.9 Å². The summed E-state index contributed by atoms with van der Waals surface area (Å²) in [6.07, 6.45) is 0.255. The third-order valence-corrected chi connectivity index (χ3v) is 4.58. The first-order valence-corrected chi connectivity index (χ1v) is 8.82. The number of esters is 1. The largest absolute Gasteiger partial charge is 0.479 e. The molecule has 1 fully saturated rings. The fourth-order valence-electron chi connectivity index (χ4n) is 2.52. The van der Waals surface area contributed by atoms with Gasteiger partial charge in [0.2, 0.25) is 5.91 Å². The zero-order chi connectivity index (χ0) is 18.4. The number of primary amides is 1. The number of amides is 2. The van der Waals surface area contributed by atoms with Crippen LogP contribution in [-0.4, -0.2) is 48.5 Å². The minimum Gasteiger partial charge on any atom is -0.479 e. The molecule has 1 aromatic carbocycles. The predicted octanol–water partition coefficient (Wildman–Crippen LogP) is 1.48. The summed E-state index contributed by atoms with van der Waals surface area (Å²) in [5, 5.41) is 0. The maximum Gasteiger partial charge on any atom is 0.347 e. The van der Waals surface area contributed by atoms with Gasteiger partial charge in [-0.05, 0) is 44.0 Å². The molecule has 0 spiro atoms. The summed E-state index contributed by atoms with van der Waals surface area (Å²) in [5.74, 6) is -0.883. The molecule has 136 valence electrons. The Balaban J connectivity index is 1.74. The Morgan fingerprint density at radius 1 is 1.24 bits per heavy atom. The number of hydrogen-bond donors (Lipinski definition) is 1. The van der Waals surface area contributed by atoms with Crippen molar-refractivity contribution in [3.63, 3.8) is 0 Å². The summed E-state index contributed by atoms with van der Waals surface area (Å²) in [5.41, 5.74) is 5.26. The van der Waals surface area contributed by atoms with Gasteiger partial charge in [0, 0.05) is 23.5 Å². The first kappa shape index (κ1) is 19.2. The number of piperidine rings is 1. The van der Waals surface area contributed by atoms with E-state index >= 15 is 0 Å². The van der Waals surface area contributed by atoms with Crippen LogP contribution in [0.3, 0.4) is 0 Å². The average molecular weight is 413 g/mol. The normalized spacial score (nSPS) is 16.2. The maximum atomic E-state index is 12.1. The molecule has 8 heteroatoms. The van der Waals surface area contributed by atoms with Gasteiger partial charge < -0.3 is 20.1 Å². The molecule has 0 aliphatic carbocycles. The van der Waals surface area contributed by atoms with Crippen LogP contribution in [0.25, 0.3) is 0 Å². The molecule has 0 radical (unpaired) electrons. The zero-order valence-electron chi connectivity index (χ0n) is 13.9. The van der Waals surface area contributed by atoms with Crippen LogP contribution < -0.4 is 10.5 Å². The second-order valence-corrected chi connectivity index (χ2v) is 6.79. The number of benzene rings is 1. The van der Waals surface area contributed by atoms with Crippen LogP contribution in [0.15, 0.2) is 28.7 Å². The van der Waals surface area contributed by atoms with E-state index in [0.29, 0.717) is 31.7 Å². The molecule has 2 rings (SSSR count). The molecule has 7 nitrogen and oxygen atoms in total. The van der Waals surface area contributed by atoms with E-state index in [0.717, 1.165) is 4.47 Å². The van der Waals surface area contributed by atoms with Gasteiger partial charge in [0.1, 0.15) is 5.75 Å². The summed E-state index contributed by atoms with van der Waals surface area (Å²) in [7, 11) is 0. The van der Waals surface area contributed by atoms with Gasteiger partial charge >= 0.3 is 5.97 Å². The SMILES string of the molecule is C[C@H](Oc1ccc(Br)cc1)C(=O)OCC(=O)N1CCC(C(N)=O)CC1. The summed E-state index contributed by atoms with van der Waals surface area (Å²) in [4.78, 5) is 36.7. The van der Waals surface area contributed by atoms with Crippen LogP contribution in [0.4, 0.5) is 0 Å². The summed E-state index contributed by atoms with van der Waals surface area (Å²) in [6.45, 7) is 2.10. The number of ether oxygens (including phenoxy) is 2. The molecule has 1 atom stereocenters. The fourth-order valence-corrected chi connectivity index (χ4v) is 2.78. The number of likely N-dealkylation sites (tertiary alicyclic amines) is 1. The Morgan fingerprint density at radius 3 is 2.40 bits per heavy atom. The first-order valence-electron chi connectivity index (χ1n) is 8.02. The molecule has 0 bridgehead atoms. The minimum atomic E-state index is -0.824. The highest BCUT2D eigenvalue weighted by Crippen LogP contribution is 2.18. The molecule has 1 aliphatic rings. The molecular weight excluding hydrogens is 392 g/mol. The Kier molecular flexibility index (Phi) is 6.81. The number of rotatable bonds is 6. The van der Waals surface area contributed by atoms with Gasteiger partial charge in [-0.2, -0.15) is 0 Å². The van der Waals surface area contributed by atoms with E-state index in [1.54, 1.807) is 36.1 Å². The van der Waals surface area contributed by atoms with Crippen LogP contribution >= 0.6 is 15.9 Å². The Hall–Kier alpha value is -2.09. The maximum absolute atomic E-state index is 12.1. The number of carbonyl (C=O) groups excluding carboxylic acids is 3. The van der Waals surface area contributed by atoms with Crippen molar-refractivity contribution in [1.82, 2.24) is 4.90 Å². The molecule has 25 heavy (non-hydrogen) atoms. The van der Waals surface area contributed by atoms with Crippen molar-refractivity contribution in [3.05, 3.63) is 28.7 Å². The van der Waals surface area contributed by atoms with Crippen molar-refractivity contribution < 1.29 is 23.9 Å². The van der Waals surface area contributed by atoms with Gasteiger partial charge in [0.25, 0.3) is 5.91 Å². The Bertz CT molecular complexity index is 626. The molecule has 1 aromatic rings. The lowest BCUT2D eigenvalue weighted by atomic mass is 9.96. The number of halogens is 1. The molecule has 1 saturated heterocycles. The van der Waals surface area contributed by atoms with Gasteiger partial charge in [-0.25, -0.2) is 4.79 Å². The number of hydrogen-bond acceptors (Lipinski definition) is 5. The van der Waals surface area contributed by atoms with E-state index in [1.807, 2.05) is 0 Å². The second kappa shape index (κ2) is 8.84. The minimum absolute atomic E-state index is 0.189. The third-order valence-electron chi connectivity index (χ3n) is 4.05. The molecular formula is C17H21BrN2O5. The van der Waals surface area contributed by atoms with Crippen LogP contribution in [0.5, 0.6) is 5.75 Å². The van der Waals surface area contributed by atoms with E-state index in [1.165, 1.54) is 0 Å². The first-order chi connectivity index (χ1) is 11.9. The van der Waals surface area contributed by atoms with Gasteiger partial charge in [0.15, 0.2) is 12.7 Å². The summed E-state index contributed by atoms with van der Waals surface area (Å²) >= 11 is 3.32. The zero-order valence-corrected chi connectivity index (χ0v) is 15.5. The lowest BCUT2D eigenvalue weighted by Gasteiger charge is -2.30. The van der Waals surface area contributed by atoms with Crippen molar-refractivity contribution >= 4 is 33.7 Å². The van der Waals surface area contributed by atoms with Crippen molar-refractivity contribution in [2.24, 2.45) is 11.7 Å². The number of carbonyl (C=O) groups is 3. The number of nitrogens with zero attached hydrogens (tertiary/aromatic N) is 1. The van der Waals surface area contributed by atoms with Crippen molar-refractivity contribution in [3.8, 4) is 5.75 Å². The molecule has 2 amide bonds. The van der Waals surface area contributed by atoms with Gasteiger partial charge in [-0.3, -0.25) is 9.59 Å². The predicted molar refractivity (Wildman–Crippen MR) is 93.7 cm³/mol. The van der Waals surface area contributed by atoms with E-state index in [-0.39, 0.29) is 24.3 Å². The topological polar surface area (TPSA) is 98.9 Å². The number of nitrogens with two attached hydrogens (primary N) is 1. The van der Waals surface area contributed by atoms with Crippen molar-refractivity contribution in [2.75, 3.05) is 19.7 Å². The van der Waals surface area contributed by atoms with Crippen LogP contribution in [0, 0.1) is 5.92 Å². The van der Waals surface area contributed by atoms with Crippen molar-refractivity contribution in [2.45, 2.75) is 25.9 Å².